The van der Waals surface area contributed by atoms with Gasteiger partial charge >= 0.3 is 0 Å². The molecule has 0 spiro atoms. The first-order valence-electron chi connectivity index (χ1n) is 9.95. The Bertz CT molecular complexity index is 1170. The van der Waals surface area contributed by atoms with Gasteiger partial charge in [0.15, 0.2) is 11.5 Å². The van der Waals surface area contributed by atoms with Crippen molar-refractivity contribution in [2.24, 2.45) is 0 Å². The Morgan fingerprint density at radius 2 is 2.00 bits per heavy atom. The van der Waals surface area contributed by atoms with E-state index in [0.29, 0.717) is 23.7 Å². The van der Waals surface area contributed by atoms with Crippen molar-refractivity contribution >= 4 is 11.6 Å². The fourth-order valence-electron chi connectivity index (χ4n) is 3.37. The molecule has 158 valence electrons. The summed E-state index contributed by atoms with van der Waals surface area (Å²) in [5.41, 5.74) is 3.61. The fraction of sp³-hybridized carbons (Fsp3) is 0.217. The van der Waals surface area contributed by atoms with Crippen molar-refractivity contribution in [2.45, 2.75) is 26.9 Å². The molecule has 0 aliphatic rings. The Balaban J connectivity index is 1.66. The number of hydrogen-bond acceptors (Lipinski definition) is 6. The number of amides is 1. The molecule has 0 aliphatic carbocycles. The topological polar surface area (TPSA) is 86.3 Å². The zero-order valence-corrected chi connectivity index (χ0v) is 17.6. The Kier molecular flexibility index (Phi) is 5.79. The van der Waals surface area contributed by atoms with Crippen molar-refractivity contribution in [2.75, 3.05) is 12.0 Å². The van der Waals surface area contributed by atoms with E-state index in [4.69, 9.17) is 9.26 Å². The van der Waals surface area contributed by atoms with E-state index >= 15 is 0 Å². The molecular weight excluding hydrogens is 394 g/mol. The van der Waals surface area contributed by atoms with Crippen molar-refractivity contribution in [3.05, 3.63) is 78.0 Å². The highest BCUT2D eigenvalue weighted by atomic mass is 16.5. The lowest BCUT2D eigenvalue weighted by Crippen LogP contribution is -2.30. The molecule has 8 heteroatoms. The summed E-state index contributed by atoms with van der Waals surface area (Å²) in [6.45, 7) is 5.07. The van der Waals surface area contributed by atoms with Gasteiger partial charge in [-0.2, -0.15) is 5.10 Å². The fourth-order valence-corrected chi connectivity index (χ4v) is 3.37. The molecule has 31 heavy (non-hydrogen) atoms. The number of aromatic nitrogens is 4. The molecule has 0 unspecified atom stereocenters. The largest absolute Gasteiger partial charge is 0.497 e. The quantitative estimate of drug-likeness (QED) is 0.450. The Hall–Kier alpha value is -3.94. The Morgan fingerprint density at radius 1 is 1.19 bits per heavy atom. The SMILES string of the molecule is CCn1ncc(-c2cc(C(=O)N(Cc3cccnc3)c3ccc(OC)cc3)no2)c1C. The number of aryl methyl sites for hydroxylation is 1. The lowest BCUT2D eigenvalue weighted by molar-refractivity contribution is 0.0976. The summed E-state index contributed by atoms with van der Waals surface area (Å²) in [4.78, 5) is 19.2. The van der Waals surface area contributed by atoms with Crippen LogP contribution in [0.25, 0.3) is 11.3 Å². The molecule has 0 N–H and O–H groups in total. The van der Waals surface area contributed by atoms with Crippen LogP contribution in [0.5, 0.6) is 5.75 Å². The molecule has 4 rings (SSSR count). The smallest absolute Gasteiger partial charge is 0.280 e. The summed E-state index contributed by atoms with van der Waals surface area (Å²) in [7, 11) is 1.60. The van der Waals surface area contributed by atoms with E-state index < -0.39 is 0 Å². The number of nitrogens with zero attached hydrogens (tertiary/aromatic N) is 5. The van der Waals surface area contributed by atoms with E-state index in [9.17, 15) is 4.79 Å². The first kappa shape index (κ1) is 20.3. The van der Waals surface area contributed by atoms with Crippen LogP contribution in [-0.4, -0.2) is 32.9 Å². The predicted molar refractivity (Wildman–Crippen MR) is 116 cm³/mol. The minimum atomic E-state index is -0.274. The van der Waals surface area contributed by atoms with Crippen LogP contribution in [-0.2, 0) is 13.1 Å². The van der Waals surface area contributed by atoms with Gasteiger partial charge in [0.05, 0.1) is 25.4 Å². The molecule has 0 radical (unpaired) electrons. The number of ether oxygens (including phenoxy) is 1. The number of benzene rings is 1. The average molecular weight is 417 g/mol. The van der Waals surface area contributed by atoms with Gasteiger partial charge in [-0.15, -0.1) is 0 Å². The zero-order valence-electron chi connectivity index (χ0n) is 17.6. The van der Waals surface area contributed by atoms with Crippen molar-refractivity contribution in [3.63, 3.8) is 0 Å². The summed E-state index contributed by atoms with van der Waals surface area (Å²) >= 11 is 0. The van der Waals surface area contributed by atoms with Gasteiger partial charge in [0, 0.05) is 36.4 Å². The second kappa shape index (κ2) is 8.83. The molecular formula is C23H23N5O3. The number of methoxy groups -OCH3 is 1. The zero-order chi connectivity index (χ0) is 21.8. The van der Waals surface area contributed by atoms with Crippen molar-refractivity contribution in [1.29, 1.82) is 0 Å². The molecule has 0 fully saturated rings. The summed E-state index contributed by atoms with van der Waals surface area (Å²) in [6, 6.07) is 12.7. The molecule has 0 bridgehead atoms. The number of rotatable bonds is 7. The van der Waals surface area contributed by atoms with E-state index in [-0.39, 0.29) is 11.6 Å². The van der Waals surface area contributed by atoms with Crippen LogP contribution in [0.2, 0.25) is 0 Å². The summed E-state index contributed by atoms with van der Waals surface area (Å²) in [5, 5.41) is 8.38. The van der Waals surface area contributed by atoms with E-state index in [2.05, 4.69) is 15.2 Å². The molecule has 0 saturated heterocycles. The second-order valence-corrected chi connectivity index (χ2v) is 6.99. The lowest BCUT2D eigenvalue weighted by atomic mass is 10.1. The van der Waals surface area contributed by atoms with Crippen LogP contribution in [0.1, 0.15) is 28.7 Å². The Labute approximate surface area is 180 Å². The van der Waals surface area contributed by atoms with Gasteiger partial charge in [-0.3, -0.25) is 14.5 Å². The number of carbonyl (C=O) groups excluding carboxylic acids is 1. The predicted octanol–water partition coefficient (Wildman–Crippen LogP) is 4.12. The molecule has 0 atom stereocenters. The minimum absolute atomic E-state index is 0.221. The van der Waals surface area contributed by atoms with Crippen LogP contribution >= 0.6 is 0 Å². The third-order valence-corrected chi connectivity index (χ3v) is 5.09. The monoisotopic (exact) mass is 417 g/mol. The van der Waals surface area contributed by atoms with Crippen LogP contribution in [0, 0.1) is 6.92 Å². The maximum Gasteiger partial charge on any atom is 0.280 e. The molecule has 1 amide bonds. The summed E-state index contributed by atoms with van der Waals surface area (Å²) in [5.74, 6) is 0.950. The van der Waals surface area contributed by atoms with E-state index in [1.54, 1.807) is 36.7 Å². The minimum Gasteiger partial charge on any atom is -0.497 e. The van der Waals surface area contributed by atoms with Gasteiger partial charge < -0.3 is 14.2 Å². The summed E-state index contributed by atoms with van der Waals surface area (Å²) < 4.78 is 12.6. The van der Waals surface area contributed by atoms with Gasteiger partial charge in [0.1, 0.15) is 5.75 Å². The van der Waals surface area contributed by atoms with E-state index in [0.717, 1.165) is 23.4 Å². The standard InChI is InChI=1S/C23H23N5O3/c1-4-28-16(2)20(14-25-28)22-12-21(26-31-22)23(29)27(15-17-6-5-11-24-13-17)18-7-9-19(30-3)10-8-18/h5-14H,4,15H2,1-3H3. The maximum absolute atomic E-state index is 13.4. The van der Waals surface area contributed by atoms with Crippen molar-refractivity contribution in [1.82, 2.24) is 19.9 Å². The van der Waals surface area contributed by atoms with Gasteiger partial charge in [-0.25, -0.2) is 0 Å². The molecule has 1 aromatic carbocycles. The van der Waals surface area contributed by atoms with Gasteiger partial charge in [-0.05, 0) is 49.7 Å². The number of pyridine rings is 1. The Morgan fingerprint density at radius 3 is 2.65 bits per heavy atom. The molecule has 4 aromatic rings. The third kappa shape index (κ3) is 4.18. The second-order valence-electron chi connectivity index (χ2n) is 6.99. The van der Waals surface area contributed by atoms with E-state index in [1.165, 1.54) is 0 Å². The van der Waals surface area contributed by atoms with Crippen LogP contribution in [0.4, 0.5) is 5.69 Å². The average Bonchev–Trinajstić information content (AvgIpc) is 3.44. The highest BCUT2D eigenvalue weighted by Gasteiger charge is 2.23. The third-order valence-electron chi connectivity index (χ3n) is 5.09. The van der Waals surface area contributed by atoms with E-state index in [1.807, 2.05) is 54.9 Å². The molecule has 3 heterocycles. The first-order valence-corrected chi connectivity index (χ1v) is 9.95. The number of anilines is 1. The molecule has 0 aliphatic heterocycles. The van der Waals surface area contributed by atoms with Crippen LogP contribution in [0.15, 0.2) is 65.6 Å². The van der Waals surface area contributed by atoms with Gasteiger partial charge in [-0.1, -0.05) is 11.2 Å². The lowest BCUT2D eigenvalue weighted by Gasteiger charge is -2.22. The number of carbonyl (C=O) groups is 1. The maximum atomic E-state index is 13.4. The first-order chi connectivity index (χ1) is 15.1. The van der Waals surface area contributed by atoms with Gasteiger partial charge in [0.25, 0.3) is 5.91 Å². The summed E-state index contributed by atoms with van der Waals surface area (Å²) in [6.07, 6.45) is 5.16. The van der Waals surface area contributed by atoms with Crippen LogP contribution < -0.4 is 9.64 Å². The molecule has 8 nitrogen and oxygen atoms in total. The highest BCUT2D eigenvalue weighted by molar-refractivity contribution is 6.05. The van der Waals surface area contributed by atoms with Crippen molar-refractivity contribution < 1.29 is 14.1 Å². The molecule has 3 aromatic heterocycles. The number of hydrogen-bond donors (Lipinski definition) is 0. The van der Waals surface area contributed by atoms with Crippen LogP contribution in [0.3, 0.4) is 0 Å². The molecule has 0 saturated carbocycles. The van der Waals surface area contributed by atoms with Gasteiger partial charge in [0.2, 0.25) is 0 Å². The van der Waals surface area contributed by atoms with Crippen molar-refractivity contribution in [3.8, 4) is 17.1 Å². The highest BCUT2D eigenvalue weighted by Crippen LogP contribution is 2.27. The normalized spacial score (nSPS) is 10.8.